The Hall–Kier alpha value is -1.00. The van der Waals surface area contributed by atoms with E-state index in [0.29, 0.717) is 11.8 Å². The van der Waals surface area contributed by atoms with Gasteiger partial charge in [-0.1, -0.05) is 29.8 Å². The molecule has 114 valence electrons. The van der Waals surface area contributed by atoms with E-state index in [4.69, 9.17) is 0 Å². The monoisotopic (exact) mass is 304 g/mol. The molecule has 0 spiro atoms. The zero-order valence-corrected chi connectivity index (χ0v) is 13.7. The number of benzene rings is 1. The molecule has 2 heterocycles. The Morgan fingerprint density at radius 3 is 2.57 bits per heavy atom. The van der Waals surface area contributed by atoms with E-state index in [-0.39, 0.29) is 10.6 Å². The summed E-state index contributed by atoms with van der Waals surface area (Å²) in [4.78, 5) is 14.6. The van der Waals surface area contributed by atoms with Crippen molar-refractivity contribution in [2.24, 2.45) is 5.92 Å². The number of aryl methyl sites for hydroxylation is 1. The third-order valence-corrected chi connectivity index (χ3v) is 5.92. The second-order valence-electron chi connectivity index (χ2n) is 6.23. The summed E-state index contributed by atoms with van der Waals surface area (Å²) >= 11 is 1.79. The molecular weight excluding hydrogens is 280 g/mol. The topological polar surface area (TPSA) is 32.3 Å². The molecule has 3 nitrogen and oxygen atoms in total. The largest absolute Gasteiger partial charge is 0.325 e. The molecule has 0 saturated carbocycles. The molecule has 1 aromatic carbocycles. The van der Waals surface area contributed by atoms with Gasteiger partial charge in [-0.25, -0.2) is 0 Å². The molecule has 2 fully saturated rings. The molecule has 0 aliphatic carbocycles. The van der Waals surface area contributed by atoms with Gasteiger partial charge in [-0.05, 0) is 51.3 Å². The van der Waals surface area contributed by atoms with Gasteiger partial charge < -0.3 is 10.2 Å². The lowest BCUT2D eigenvalue weighted by Gasteiger charge is -2.31. The van der Waals surface area contributed by atoms with Gasteiger partial charge in [0.2, 0.25) is 5.91 Å². The van der Waals surface area contributed by atoms with Gasteiger partial charge in [-0.2, -0.15) is 0 Å². The minimum absolute atomic E-state index is 0.0815. The van der Waals surface area contributed by atoms with Crippen LogP contribution in [0, 0.1) is 12.8 Å². The Labute approximate surface area is 131 Å². The van der Waals surface area contributed by atoms with E-state index in [1.807, 2.05) is 6.92 Å². The SMILES string of the molecule is Cc1ccc(C2SC(C)C(=O)N2CC2CCNCC2)cc1. The van der Waals surface area contributed by atoms with E-state index < -0.39 is 0 Å². The van der Waals surface area contributed by atoms with Gasteiger partial charge in [0.1, 0.15) is 5.37 Å². The highest BCUT2D eigenvalue weighted by atomic mass is 32.2. The van der Waals surface area contributed by atoms with Crippen LogP contribution in [-0.4, -0.2) is 35.7 Å². The number of carbonyl (C=O) groups excluding carboxylic acids is 1. The van der Waals surface area contributed by atoms with Crippen LogP contribution in [0.15, 0.2) is 24.3 Å². The predicted octanol–water partition coefficient (Wildman–Crippen LogP) is 2.96. The maximum atomic E-state index is 12.5. The maximum absolute atomic E-state index is 12.5. The normalized spacial score (nSPS) is 27.3. The fourth-order valence-electron chi connectivity index (χ4n) is 3.19. The molecule has 1 aromatic rings. The van der Waals surface area contributed by atoms with Crippen LogP contribution in [0.1, 0.15) is 36.3 Å². The van der Waals surface area contributed by atoms with E-state index in [2.05, 4.69) is 41.4 Å². The van der Waals surface area contributed by atoms with Crippen molar-refractivity contribution in [2.75, 3.05) is 19.6 Å². The number of nitrogens with one attached hydrogen (secondary N) is 1. The second-order valence-corrected chi connectivity index (χ2v) is 7.65. The minimum Gasteiger partial charge on any atom is -0.325 e. The van der Waals surface area contributed by atoms with Crippen molar-refractivity contribution < 1.29 is 4.79 Å². The maximum Gasteiger partial charge on any atom is 0.236 e. The first-order valence-corrected chi connectivity index (χ1v) is 8.82. The van der Waals surface area contributed by atoms with Crippen molar-refractivity contribution in [3.63, 3.8) is 0 Å². The van der Waals surface area contributed by atoms with Crippen molar-refractivity contribution in [3.05, 3.63) is 35.4 Å². The highest BCUT2D eigenvalue weighted by molar-refractivity contribution is 8.01. The first kappa shape index (κ1) is 14.9. The van der Waals surface area contributed by atoms with E-state index in [1.165, 1.54) is 24.0 Å². The van der Waals surface area contributed by atoms with Crippen LogP contribution in [0.3, 0.4) is 0 Å². The van der Waals surface area contributed by atoms with Crippen LogP contribution >= 0.6 is 11.8 Å². The first-order chi connectivity index (χ1) is 10.1. The molecule has 1 amide bonds. The minimum atomic E-state index is 0.0815. The summed E-state index contributed by atoms with van der Waals surface area (Å²) < 4.78 is 0. The number of amides is 1. The summed E-state index contributed by atoms with van der Waals surface area (Å²) in [7, 11) is 0. The molecular formula is C17H24N2OS. The van der Waals surface area contributed by atoms with Crippen LogP contribution in [0.2, 0.25) is 0 Å². The van der Waals surface area contributed by atoms with E-state index in [1.54, 1.807) is 11.8 Å². The summed E-state index contributed by atoms with van der Waals surface area (Å²) in [6.07, 6.45) is 2.37. The Balaban J connectivity index is 1.77. The molecule has 4 heteroatoms. The number of carbonyl (C=O) groups is 1. The number of hydrogen-bond acceptors (Lipinski definition) is 3. The Morgan fingerprint density at radius 1 is 1.24 bits per heavy atom. The molecule has 0 bridgehead atoms. The average molecular weight is 304 g/mol. The molecule has 2 atom stereocenters. The summed E-state index contributed by atoms with van der Waals surface area (Å²) in [5.41, 5.74) is 2.53. The predicted molar refractivity (Wildman–Crippen MR) is 88.3 cm³/mol. The third kappa shape index (κ3) is 3.27. The molecule has 2 aliphatic heterocycles. The van der Waals surface area contributed by atoms with Crippen LogP contribution in [-0.2, 0) is 4.79 Å². The van der Waals surface area contributed by atoms with Crippen LogP contribution in [0.25, 0.3) is 0 Å². The zero-order chi connectivity index (χ0) is 14.8. The van der Waals surface area contributed by atoms with Gasteiger partial charge >= 0.3 is 0 Å². The Bertz CT molecular complexity index is 496. The van der Waals surface area contributed by atoms with Gasteiger partial charge in [0.25, 0.3) is 0 Å². The number of rotatable bonds is 3. The standard InChI is InChI=1S/C17H24N2OS/c1-12-3-5-15(6-4-12)17-19(16(20)13(2)21-17)11-14-7-9-18-10-8-14/h3-6,13-14,17-18H,7-11H2,1-2H3. The Kier molecular flexibility index (Phi) is 4.55. The molecule has 0 radical (unpaired) electrons. The van der Waals surface area contributed by atoms with Crippen LogP contribution in [0.5, 0.6) is 0 Å². The summed E-state index contributed by atoms with van der Waals surface area (Å²) in [6.45, 7) is 7.23. The van der Waals surface area contributed by atoms with Crippen molar-refractivity contribution >= 4 is 17.7 Å². The quantitative estimate of drug-likeness (QED) is 0.932. The lowest BCUT2D eigenvalue weighted by atomic mass is 9.97. The number of nitrogens with zero attached hydrogens (tertiary/aromatic N) is 1. The Morgan fingerprint density at radius 2 is 1.90 bits per heavy atom. The van der Waals surface area contributed by atoms with Crippen LogP contribution < -0.4 is 5.32 Å². The van der Waals surface area contributed by atoms with Crippen molar-refractivity contribution in [1.82, 2.24) is 10.2 Å². The van der Waals surface area contributed by atoms with Gasteiger partial charge in [0, 0.05) is 6.54 Å². The smallest absolute Gasteiger partial charge is 0.236 e. The molecule has 3 rings (SSSR count). The summed E-state index contributed by atoms with van der Waals surface area (Å²) in [5, 5.41) is 3.68. The van der Waals surface area contributed by atoms with Gasteiger partial charge in [-0.15, -0.1) is 11.8 Å². The summed E-state index contributed by atoms with van der Waals surface area (Å²) in [5.74, 6) is 0.957. The number of hydrogen-bond donors (Lipinski definition) is 1. The molecule has 2 aliphatic rings. The van der Waals surface area contributed by atoms with Crippen LogP contribution in [0.4, 0.5) is 0 Å². The average Bonchev–Trinajstić information content (AvgIpc) is 2.78. The van der Waals surface area contributed by atoms with Crippen molar-refractivity contribution in [3.8, 4) is 0 Å². The molecule has 0 aromatic heterocycles. The number of thioether (sulfide) groups is 1. The van der Waals surface area contributed by atoms with Gasteiger partial charge in [0.05, 0.1) is 5.25 Å². The van der Waals surface area contributed by atoms with Gasteiger partial charge in [-0.3, -0.25) is 4.79 Å². The van der Waals surface area contributed by atoms with E-state index in [0.717, 1.165) is 19.6 Å². The lowest BCUT2D eigenvalue weighted by Crippen LogP contribution is -2.38. The highest BCUT2D eigenvalue weighted by Crippen LogP contribution is 2.43. The van der Waals surface area contributed by atoms with Crippen molar-refractivity contribution in [1.29, 1.82) is 0 Å². The second kappa shape index (κ2) is 6.41. The molecule has 1 N–H and O–H groups in total. The zero-order valence-electron chi connectivity index (χ0n) is 12.8. The van der Waals surface area contributed by atoms with Gasteiger partial charge in [0.15, 0.2) is 0 Å². The third-order valence-electron chi connectivity index (χ3n) is 4.52. The van der Waals surface area contributed by atoms with E-state index in [9.17, 15) is 4.79 Å². The van der Waals surface area contributed by atoms with Crippen molar-refractivity contribution in [2.45, 2.75) is 37.3 Å². The first-order valence-electron chi connectivity index (χ1n) is 7.88. The highest BCUT2D eigenvalue weighted by Gasteiger charge is 2.39. The fourth-order valence-corrected chi connectivity index (χ4v) is 4.48. The molecule has 2 saturated heterocycles. The summed E-state index contributed by atoms with van der Waals surface area (Å²) in [6, 6.07) is 8.64. The molecule has 21 heavy (non-hydrogen) atoms. The number of piperidine rings is 1. The molecule has 2 unspecified atom stereocenters. The fraction of sp³-hybridized carbons (Fsp3) is 0.588. The van der Waals surface area contributed by atoms with E-state index >= 15 is 0 Å². The lowest BCUT2D eigenvalue weighted by molar-refractivity contribution is -0.130.